The summed E-state index contributed by atoms with van der Waals surface area (Å²) in [5, 5.41) is 17.3. The zero-order valence-electron chi connectivity index (χ0n) is 5.32. The molecule has 0 radical (unpaired) electrons. The van der Waals surface area contributed by atoms with Crippen molar-refractivity contribution in [1.29, 1.82) is 0 Å². The third-order valence-corrected chi connectivity index (χ3v) is 0.830. The second-order valence-corrected chi connectivity index (χ2v) is 1.52. The van der Waals surface area contributed by atoms with Crippen LogP contribution in [0.15, 0.2) is 24.3 Å². The molecule has 1 aromatic carbocycles. The Morgan fingerprint density at radius 2 is 1.50 bits per heavy atom. The Kier molecular flexibility index (Phi) is 4.15. The highest BCUT2D eigenvalue weighted by molar-refractivity contribution is 5.85. The Labute approximate surface area is 61.4 Å². The third kappa shape index (κ3) is 2.98. The van der Waals surface area contributed by atoms with Gasteiger partial charge >= 0.3 is 0 Å². The van der Waals surface area contributed by atoms with Gasteiger partial charge in [0.1, 0.15) is 11.5 Å². The van der Waals surface area contributed by atoms with E-state index in [-0.39, 0.29) is 11.5 Å². The predicted octanol–water partition coefficient (Wildman–Crippen LogP) is 0.0628. The van der Waals surface area contributed by atoms with Crippen LogP contribution in [0.3, 0.4) is 0 Å². The molecule has 0 spiro atoms. The standard InChI is InChI=1S/C6H6O2.H2OSi/c7-5-2-1-3-6(8)4-5;1-2/h1-4,7-8H;2H2. The van der Waals surface area contributed by atoms with Gasteiger partial charge in [0, 0.05) is 6.07 Å². The lowest BCUT2D eigenvalue weighted by Crippen LogP contribution is -1.61. The van der Waals surface area contributed by atoms with Crippen molar-refractivity contribution in [2.45, 2.75) is 0 Å². The quantitative estimate of drug-likeness (QED) is 0.522. The van der Waals surface area contributed by atoms with Crippen molar-refractivity contribution in [3.63, 3.8) is 0 Å². The maximum atomic E-state index is 8.65. The monoisotopic (exact) mass is 156 g/mol. The van der Waals surface area contributed by atoms with Crippen molar-refractivity contribution < 1.29 is 14.7 Å². The predicted molar refractivity (Wildman–Crippen MR) is 39.0 cm³/mol. The van der Waals surface area contributed by atoms with Gasteiger partial charge in [-0.1, -0.05) is 6.07 Å². The van der Waals surface area contributed by atoms with E-state index in [2.05, 4.69) is 0 Å². The normalized spacial score (nSPS) is 7.60. The molecule has 0 fully saturated rings. The van der Waals surface area contributed by atoms with Gasteiger partial charge in [-0.25, -0.2) is 0 Å². The smallest absolute Gasteiger partial charge is 0.245 e. The van der Waals surface area contributed by atoms with E-state index in [1.807, 2.05) is 0 Å². The molecule has 0 bridgehead atoms. The second-order valence-electron chi connectivity index (χ2n) is 1.52. The molecule has 0 aliphatic rings. The van der Waals surface area contributed by atoms with E-state index in [0.717, 1.165) is 0 Å². The van der Waals surface area contributed by atoms with Crippen molar-refractivity contribution >= 4 is 10.1 Å². The van der Waals surface area contributed by atoms with Crippen LogP contribution >= 0.6 is 0 Å². The van der Waals surface area contributed by atoms with Crippen LogP contribution in [-0.4, -0.2) is 20.3 Å². The SMILES string of the molecule is O=[SiH2].Oc1cccc(O)c1. The molecule has 0 aliphatic carbocycles. The van der Waals surface area contributed by atoms with Crippen LogP contribution in [0.1, 0.15) is 0 Å². The summed E-state index contributed by atoms with van der Waals surface area (Å²) in [6, 6.07) is 5.85. The van der Waals surface area contributed by atoms with Gasteiger partial charge in [-0.15, -0.1) is 0 Å². The van der Waals surface area contributed by atoms with Crippen LogP contribution in [0.5, 0.6) is 11.5 Å². The van der Waals surface area contributed by atoms with Crippen LogP contribution in [0.4, 0.5) is 0 Å². The number of rotatable bonds is 0. The van der Waals surface area contributed by atoms with Gasteiger partial charge in [0.15, 0.2) is 0 Å². The fraction of sp³-hybridized carbons (Fsp3) is 0. The largest absolute Gasteiger partial charge is 0.508 e. The van der Waals surface area contributed by atoms with Gasteiger partial charge < -0.3 is 14.7 Å². The summed E-state index contributed by atoms with van der Waals surface area (Å²) in [5.41, 5.74) is 0. The second kappa shape index (κ2) is 4.69. The fourth-order valence-corrected chi connectivity index (χ4v) is 0.493. The third-order valence-electron chi connectivity index (χ3n) is 0.830. The van der Waals surface area contributed by atoms with Crippen LogP contribution in [0.2, 0.25) is 0 Å². The summed E-state index contributed by atoms with van der Waals surface area (Å²) in [6.45, 7) is 0. The van der Waals surface area contributed by atoms with E-state index in [1.54, 1.807) is 6.07 Å². The maximum absolute atomic E-state index is 8.65. The minimum absolute atomic E-state index is 0.0880. The van der Waals surface area contributed by atoms with Gasteiger partial charge in [-0.05, 0) is 12.1 Å². The molecular weight excluding hydrogens is 148 g/mol. The molecule has 10 heavy (non-hydrogen) atoms. The zero-order chi connectivity index (χ0) is 7.98. The molecule has 4 heteroatoms. The Bertz CT molecular complexity index is 185. The molecular formula is C6H8O3Si. The lowest BCUT2D eigenvalue weighted by Gasteiger charge is -1.89. The Balaban J connectivity index is 0.000000371. The first kappa shape index (κ1) is 8.84. The van der Waals surface area contributed by atoms with Crippen LogP contribution < -0.4 is 0 Å². The van der Waals surface area contributed by atoms with Gasteiger partial charge in [0.25, 0.3) is 0 Å². The molecule has 0 atom stereocenters. The molecule has 0 aromatic heterocycles. The maximum Gasteiger partial charge on any atom is 0.245 e. The van der Waals surface area contributed by atoms with Crippen molar-refractivity contribution in [2.24, 2.45) is 0 Å². The minimum atomic E-state index is 0.0880. The molecule has 1 aromatic rings. The Morgan fingerprint density at radius 1 is 1.10 bits per heavy atom. The molecule has 0 amide bonds. The van der Waals surface area contributed by atoms with Crippen molar-refractivity contribution in [2.75, 3.05) is 0 Å². The molecule has 0 saturated heterocycles. The zero-order valence-corrected chi connectivity index (χ0v) is 6.73. The number of aromatic hydroxyl groups is 2. The van der Waals surface area contributed by atoms with Crippen LogP contribution in [0.25, 0.3) is 0 Å². The average molecular weight is 156 g/mol. The van der Waals surface area contributed by atoms with E-state index in [4.69, 9.17) is 14.7 Å². The van der Waals surface area contributed by atoms with Crippen molar-refractivity contribution in [3.05, 3.63) is 24.3 Å². The topological polar surface area (TPSA) is 57.5 Å². The van der Waals surface area contributed by atoms with Crippen LogP contribution in [-0.2, 0) is 4.46 Å². The molecule has 0 saturated carbocycles. The van der Waals surface area contributed by atoms with E-state index in [9.17, 15) is 0 Å². The number of hydrogen-bond acceptors (Lipinski definition) is 3. The van der Waals surface area contributed by atoms with E-state index in [0.29, 0.717) is 10.1 Å². The first-order chi connectivity index (χ1) is 4.79. The fourth-order valence-electron chi connectivity index (χ4n) is 0.493. The summed E-state index contributed by atoms with van der Waals surface area (Å²) in [4.78, 5) is 0. The summed E-state index contributed by atoms with van der Waals surface area (Å²) in [5.74, 6) is 0.176. The first-order valence-electron chi connectivity index (χ1n) is 2.56. The van der Waals surface area contributed by atoms with E-state index in [1.165, 1.54) is 18.2 Å². The number of hydrogen-bond donors (Lipinski definition) is 2. The summed E-state index contributed by atoms with van der Waals surface area (Å²) >= 11 is 0. The summed E-state index contributed by atoms with van der Waals surface area (Å²) in [6.07, 6.45) is 0. The van der Waals surface area contributed by atoms with Crippen LogP contribution in [0, 0.1) is 0 Å². The van der Waals surface area contributed by atoms with Gasteiger partial charge in [0.2, 0.25) is 10.1 Å². The van der Waals surface area contributed by atoms with Gasteiger partial charge in [-0.2, -0.15) is 0 Å². The highest BCUT2D eigenvalue weighted by Gasteiger charge is 1.85. The van der Waals surface area contributed by atoms with Gasteiger partial charge in [-0.3, -0.25) is 0 Å². The number of benzene rings is 1. The Morgan fingerprint density at radius 3 is 1.70 bits per heavy atom. The minimum Gasteiger partial charge on any atom is -0.508 e. The first-order valence-corrected chi connectivity index (χ1v) is 3.13. The summed E-state index contributed by atoms with van der Waals surface area (Å²) < 4.78 is 8.28. The molecule has 1 rings (SSSR count). The Hall–Kier alpha value is -1.16. The highest BCUT2D eigenvalue weighted by atomic mass is 28.1. The highest BCUT2D eigenvalue weighted by Crippen LogP contribution is 2.14. The molecule has 0 aliphatic heterocycles. The molecule has 2 N–H and O–H groups in total. The molecule has 54 valence electrons. The van der Waals surface area contributed by atoms with Crippen molar-refractivity contribution in [3.8, 4) is 11.5 Å². The molecule has 3 nitrogen and oxygen atoms in total. The van der Waals surface area contributed by atoms with Gasteiger partial charge in [0.05, 0.1) is 0 Å². The molecule has 0 heterocycles. The van der Waals surface area contributed by atoms with E-state index >= 15 is 0 Å². The summed E-state index contributed by atoms with van der Waals surface area (Å²) in [7, 11) is 0.611. The molecule has 0 unspecified atom stereocenters. The lowest BCUT2D eigenvalue weighted by atomic mass is 10.3. The number of phenols is 2. The van der Waals surface area contributed by atoms with Crippen molar-refractivity contribution in [1.82, 2.24) is 0 Å². The number of phenolic OH excluding ortho intramolecular Hbond substituents is 2. The average Bonchev–Trinajstić information content (AvgIpc) is 1.91. The van der Waals surface area contributed by atoms with E-state index < -0.39 is 0 Å². The lowest BCUT2D eigenvalue weighted by molar-refractivity contribution is 0.450.